The van der Waals surface area contributed by atoms with Crippen LogP contribution in [-0.4, -0.2) is 26.7 Å². The quantitative estimate of drug-likeness (QED) is 0.502. The zero-order valence-electron chi connectivity index (χ0n) is 7.97. The summed E-state index contributed by atoms with van der Waals surface area (Å²) in [4.78, 5) is -0.0732. The fourth-order valence-electron chi connectivity index (χ4n) is 1.04. The Balaban J connectivity index is 3.09. The summed E-state index contributed by atoms with van der Waals surface area (Å²) in [6.07, 6.45) is 0. The highest BCUT2D eigenvalue weighted by Gasteiger charge is 2.16. The summed E-state index contributed by atoms with van der Waals surface area (Å²) in [6.45, 7) is -0.335. The second kappa shape index (κ2) is 4.47. The van der Waals surface area contributed by atoms with Gasteiger partial charge in [0.2, 0.25) is 10.0 Å². The number of rotatable bonds is 4. The molecule has 7 heteroatoms. The molecule has 0 bridgehead atoms. The lowest BCUT2D eigenvalue weighted by molar-refractivity contribution is 0.301. The second-order valence-corrected chi connectivity index (χ2v) is 4.65. The van der Waals surface area contributed by atoms with E-state index in [-0.39, 0.29) is 23.7 Å². The number of nitrogens with one attached hydrogen (secondary N) is 1. The molecule has 0 heterocycles. The third-order valence-electron chi connectivity index (χ3n) is 1.73. The summed E-state index contributed by atoms with van der Waals surface area (Å²) in [5.74, 6) is 0. The molecule has 0 amide bonds. The Morgan fingerprint density at radius 1 is 1.33 bits per heavy atom. The minimum absolute atomic E-state index is 0.0590. The first-order valence-corrected chi connectivity index (χ1v) is 5.71. The zero-order chi connectivity index (χ0) is 11.5. The van der Waals surface area contributed by atoms with Crippen molar-refractivity contribution in [3.05, 3.63) is 18.2 Å². The molecular formula is C8H13N3O3S. The lowest BCUT2D eigenvalue weighted by atomic mass is 10.3. The number of aliphatic hydroxyl groups is 1. The summed E-state index contributed by atoms with van der Waals surface area (Å²) in [5.41, 5.74) is 11.4. The topological polar surface area (TPSA) is 118 Å². The van der Waals surface area contributed by atoms with Gasteiger partial charge in [0, 0.05) is 12.2 Å². The molecule has 0 radical (unpaired) electrons. The normalized spacial score (nSPS) is 11.5. The molecule has 0 fully saturated rings. The van der Waals surface area contributed by atoms with Crippen molar-refractivity contribution in [3.8, 4) is 0 Å². The maximum absolute atomic E-state index is 11.6. The van der Waals surface area contributed by atoms with E-state index in [0.29, 0.717) is 5.69 Å². The van der Waals surface area contributed by atoms with Crippen LogP contribution >= 0.6 is 0 Å². The second-order valence-electron chi connectivity index (χ2n) is 2.92. The Kier molecular flexibility index (Phi) is 3.51. The Labute approximate surface area is 87.9 Å². The van der Waals surface area contributed by atoms with Crippen molar-refractivity contribution in [2.75, 3.05) is 24.6 Å². The maximum Gasteiger partial charge on any atom is 0.242 e. The molecule has 0 unspecified atom stereocenters. The van der Waals surface area contributed by atoms with Gasteiger partial charge in [-0.1, -0.05) is 0 Å². The molecule has 6 N–H and O–H groups in total. The number of hydrogen-bond acceptors (Lipinski definition) is 5. The number of benzene rings is 1. The molecule has 6 nitrogen and oxygen atoms in total. The molecule has 1 aromatic carbocycles. The van der Waals surface area contributed by atoms with Gasteiger partial charge in [-0.15, -0.1) is 0 Å². The third kappa shape index (κ3) is 2.82. The largest absolute Gasteiger partial charge is 0.399 e. The van der Waals surface area contributed by atoms with E-state index < -0.39 is 10.0 Å². The van der Waals surface area contributed by atoms with Crippen molar-refractivity contribution >= 4 is 21.4 Å². The fourth-order valence-corrected chi connectivity index (χ4v) is 2.23. The lowest BCUT2D eigenvalue weighted by Crippen LogP contribution is -2.27. The lowest BCUT2D eigenvalue weighted by Gasteiger charge is -2.08. The smallest absolute Gasteiger partial charge is 0.242 e. The first-order valence-electron chi connectivity index (χ1n) is 4.23. The van der Waals surface area contributed by atoms with Gasteiger partial charge >= 0.3 is 0 Å². The minimum atomic E-state index is -3.69. The Hall–Kier alpha value is -1.31. The van der Waals surface area contributed by atoms with E-state index in [4.69, 9.17) is 16.6 Å². The number of nitrogens with two attached hydrogens (primary N) is 2. The average molecular weight is 231 g/mol. The molecule has 1 aromatic rings. The van der Waals surface area contributed by atoms with Crippen LogP contribution in [-0.2, 0) is 10.0 Å². The summed E-state index contributed by atoms with van der Waals surface area (Å²) in [5, 5.41) is 8.52. The summed E-state index contributed by atoms with van der Waals surface area (Å²) in [6, 6.07) is 4.21. The standard InChI is InChI=1S/C8H13N3O3S/c9-6-1-2-7(10)8(5-6)15(13,14)11-3-4-12/h1-2,5,11-12H,3-4,9-10H2. The van der Waals surface area contributed by atoms with E-state index >= 15 is 0 Å². The molecule has 0 atom stereocenters. The van der Waals surface area contributed by atoms with Gasteiger partial charge in [-0.2, -0.15) is 0 Å². The van der Waals surface area contributed by atoms with Crippen LogP contribution in [0.25, 0.3) is 0 Å². The number of anilines is 2. The van der Waals surface area contributed by atoms with Gasteiger partial charge in [0.1, 0.15) is 4.90 Å². The highest BCUT2D eigenvalue weighted by Crippen LogP contribution is 2.20. The van der Waals surface area contributed by atoms with Gasteiger partial charge in [0.15, 0.2) is 0 Å². The van der Waals surface area contributed by atoms with Crippen LogP contribution in [0, 0.1) is 0 Å². The highest BCUT2D eigenvalue weighted by atomic mass is 32.2. The predicted molar refractivity (Wildman–Crippen MR) is 57.5 cm³/mol. The number of aliphatic hydroxyl groups excluding tert-OH is 1. The van der Waals surface area contributed by atoms with E-state index in [1.165, 1.54) is 18.2 Å². The molecule has 1 rings (SSSR count). The Bertz CT molecular complexity index is 444. The number of sulfonamides is 1. The average Bonchev–Trinajstić information content (AvgIpc) is 2.18. The van der Waals surface area contributed by atoms with Crippen molar-refractivity contribution < 1.29 is 13.5 Å². The van der Waals surface area contributed by atoms with Gasteiger partial charge in [0.05, 0.1) is 12.3 Å². The summed E-state index contributed by atoms with van der Waals surface area (Å²) < 4.78 is 25.4. The maximum atomic E-state index is 11.6. The molecule has 0 aliphatic heterocycles. The van der Waals surface area contributed by atoms with E-state index in [1.54, 1.807) is 0 Å². The summed E-state index contributed by atoms with van der Waals surface area (Å²) in [7, 11) is -3.69. The van der Waals surface area contributed by atoms with Crippen LogP contribution in [0.1, 0.15) is 0 Å². The summed E-state index contributed by atoms with van der Waals surface area (Å²) >= 11 is 0. The van der Waals surface area contributed by atoms with Crippen LogP contribution in [0.2, 0.25) is 0 Å². The minimum Gasteiger partial charge on any atom is -0.399 e. The van der Waals surface area contributed by atoms with Crippen molar-refractivity contribution in [2.24, 2.45) is 0 Å². The van der Waals surface area contributed by atoms with Crippen molar-refractivity contribution in [2.45, 2.75) is 4.90 Å². The third-order valence-corrected chi connectivity index (χ3v) is 3.25. The first kappa shape index (κ1) is 11.8. The SMILES string of the molecule is Nc1ccc(N)c(S(=O)(=O)NCCO)c1. The Morgan fingerprint density at radius 2 is 2.00 bits per heavy atom. The Morgan fingerprint density at radius 3 is 2.60 bits per heavy atom. The van der Waals surface area contributed by atoms with E-state index in [1.807, 2.05) is 0 Å². The van der Waals surface area contributed by atoms with E-state index in [9.17, 15) is 8.42 Å². The van der Waals surface area contributed by atoms with E-state index in [2.05, 4.69) is 4.72 Å². The van der Waals surface area contributed by atoms with Crippen molar-refractivity contribution in [3.63, 3.8) is 0 Å². The zero-order valence-corrected chi connectivity index (χ0v) is 8.79. The molecule has 0 aliphatic carbocycles. The van der Waals surface area contributed by atoms with E-state index in [0.717, 1.165) is 0 Å². The number of hydrogen-bond donors (Lipinski definition) is 4. The van der Waals surface area contributed by atoms with Gasteiger partial charge in [-0.3, -0.25) is 0 Å². The molecule has 0 aliphatic rings. The molecule has 15 heavy (non-hydrogen) atoms. The monoisotopic (exact) mass is 231 g/mol. The first-order chi connectivity index (χ1) is 6.97. The van der Waals surface area contributed by atoms with Crippen molar-refractivity contribution in [1.29, 1.82) is 0 Å². The van der Waals surface area contributed by atoms with Crippen LogP contribution in [0.5, 0.6) is 0 Å². The van der Waals surface area contributed by atoms with Crippen LogP contribution in [0.3, 0.4) is 0 Å². The number of nitrogen functional groups attached to an aromatic ring is 2. The fraction of sp³-hybridized carbons (Fsp3) is 0.250. The molecular weight excluding hydrogens is 218 g/mol. The molecule has 84 valence electrons. The van der Waals surface area contributed by atoms with Gasteiger partial charge < -0.3 is 16.6 Å². The van der Waals surface area contributed by atoms with Gasteiger partial charge in [-0.25, -0.2) is 13.1 Å². The van der Waals surface area contributed by atoms with Gasteiger partial charge in [-0.05, 0) is 18.2 Å². The molecule has 0 spiro atoms. The predicted octanol–water partition coefficient (Wildman–Crippen LogP) is -0.878. The van der Waals surface area contributed by atoms with Gasteiger partial charge in [0.25, 0.3) is 0 Å². The molecule has 0 aromatic heterocycles. The molecule has 0 saturated carbocycles. The van der Waals surface area contributed by atoms with Crippen LogP contribution in [0.15, 0.2) is 23.1 Å². The van der Waals surface area contributed by atoms with Crippen molar-refractivity contribution in [1.82, 2.24) is 4.72 Å². The van der Waals surface area contributed by atoms with Crippen LogP contribution in [0.4, 0.5) is 11.4 Å². The highest BCUT2D eigenvalue weighted by molar-refractivity contribution is 7.89. The molecule has 0 saturated heterocycles. The van der Waals surface area contributed by atoms with Crippen LogP contribution < -0.4 is 16.2 Å².